The molecular weight excluding hydrogens is 336 g/mol. The summed E-state index contributed by atoms with van der Waals surface area (Å²) >= 11 is 0. The first-order valence-corrected chi connectivity index (χ1v) is 11.0. The van der Waals surface area contributed by atoms with Crippen LogP contribution in [-0.4, -0.2) is 40.5 Å². The molecule has 1 aromatic rings. The topological polar surface area (TPSA) is 81.4 Å². The fourth-order valence-electron chi connectivity index (χ4n) is 2.57. The first-order chi connectivity index (χ1) is 12.0. The van der Waals surface area contributed by atoms with Crippen LogP contribution in [0.5, 0.6) is 0 Å². The highest BCUT2D eigenvalue weighted by Crippen LogP contribution is 2.13. The van der Waals surface area contributed by atoms with E-state index in [-0.39, 0.29) is 5.75 Å². The Labute approximate surface area is 153 Å². The van der Waals surface area contributed by atoms with Crippen LogP contribution in [-0.2, 0) is 14.6 Å². The number of nitrogens with one attached hydrogen (secondary N) is 1. The molecule has 0 bridgehead atoms. The lowest BCUT2D eigenvalue weighted by Crippen LogP contribution is -2.25. The molecule has 1 unspecified atom stereocenters. The van der Waals surface area contributed by atoms with Crippen LogP contribution in [0.1, 0.15) is 46.0 Å². The Morgan fingerprint density at radius 2 is 1.84 bits per heavy atom. The van der Waals surface area contributed by atoms with Gasteiger partial charge in [-0.3, -0.25) is 0 Å². The van der Waals surface area contributed by atoms with Gasteiger partial charge in [-0.1, -0.05) is 33.1 Å². The van der Waals surface area contributed by atoms with Crippen molar-refractivity contribution in [3.63, 3.8) is 0 Å². The van der Waals surface area contributed by atoms with Crippen LogP contribution < -0.4 is 11.1 Å². The number of benzene rings is 1. The molecule has 1 aromatic carbocycles. The van der Waals surface area contributed by atoms with Gasteiger partial charge >= 0.3 is 0 Å². The van der Waals surface area contributed by atoms with Crippen molar-refractivity contribution >= 4 is 15.5 Å². The first-order valence-electron chi connectivity index (χ1n) is 9.36. The molecule has 0 aliphatic rings. The van der Waals surface area contributed by atoms with Crippen LogP contribution in [0.3, 0.4) is 0 Å². The van der Waals surface area contributed by atoms with Gasteiger partial charge in [-0.25, -0.2) is 8.42 Å². The molecule has 0 aliphatic carbocycles. The number of rotatable bonds is 14. The molecule has 6 heteroatoms. The smallest absolute Gasteiger partial charge is 0.179 e. The summed E-state index contributed by atoms with van der Waals surface area (Å²) in [6, 6.07) is 6.34. The monoisotopic (exact) mass is 370 g/mol. The molecule has 0 saturated heterocycles. The predicted octanol–water partition coefficient (Wildman–Crippen LogP) is 3.26. The Kier molecular flexibility index (Phi) is 10.8. The minimum absolute atomic E-state index is 0.0900. The molecule has 1 atom stereocenters. The molecule has 1 rings (SSSR count). The van der Waals surface area contributed by atoms with Gasteiger partial charge in [0.25, 0.3) is 0 Å². The van der Waals surface area contributed by atoms with Crippen molar-refractivity contribution in [3.05, 3.63) is 24.3 Å². The summed E-state index contributed by atoms with van der Waals surface area (Å²) in [7, 11) is -3.25. The van der Waals surface area contributed by atoms with Gasteiger partial charge in [-0.05, 0) is 49.6 Å². The van der Waals surface area contributed by atoms with Gasteiger partial charge < -0.3 is 15.8 Å². The summed E-state index contributed by atoms with van der Waals surface area (Å²) in [5.41, 5.74) is 6.15. The molecule has 0 heterocycles. The molecule has 5 nitrogen and oxygen atoms in total. The minimum atomic E-state index is -3.25. The second-order valence-electron chi connectivity index (χ2n) is 6.48. The van der Waals surface area contributed by atoms with Crippen molar-refractivity contribution in [1.82, 2.24) is 5.32 Å². The highest BCUT2D eigenvalue weighted by Gasteiger charge is 2.13. The van der Waals surface area contributed by atoms with Gasteiger partial charge in [0.05, 0.1) is 10.6 Å². The molecule has 0 radical (unpaired) electrons. The van der Waals surface area contributed by atoms with Crippen LogP contribution in [0, 0.1) is 5.92 Å². The van der Waals surface area contributed by atoms with E-state index in [0.717, 1.165) is 26.2 Å². The molecule has 25 heavy (non-hydrogen) atoms. The zero-order valence-corrected chi connectivity index (χ0v) is 16.5. The number of anilines is 1. The minimum Gasteiger partial charge on any atom is -0.399 e. The molecule has 144 valence electrons. The van der Waals surface area contributed by atoms with Crippen LogP contribution >= 0.6 is 0 Å². The summed E-state index contributed by atoms with van der Waals surface area (Å²) in [4.78, 5) is 0.324. The fourth-order valence-corrected chi connectivity index (χ4v) is 3.77. The maximum atomic E-state index is 12.2. The van der Waals surface area contributed by atoms with Crippen molar-refractivity contribution in [3.8, 4) is 0 Å². The number of hydrogen-bond donors (Lipinski definition) is 2. The average molecular weight is 371 g/mol. The molecule has 0 spiro atoms. The van der Waals surface area contributed by atoms with Crippen molar-refractivity contribution in [2.24, 2.45) is 5.92 Å². The van der Waals surface area contributed by atoms with E-state index >= 15 is 0 Å². The molecule has 0 fully saturated rings. The summed E-state index contributed by atoms with van der Waals surface area (Å²) < 4.78 is 30.1. The molecule has 3 N–H and O–H groups in total. The van der Waals surface area contributed by atoms with Gasteiger partial charge in [-0.15, -0.1) is 0 Å². The van der Waals surface area contributed by atoms with Gasteiger partial charge in [0.15, 0.2) is 9.84 Å². The Balaban J connectivity index is 2.11. The molecular formula is C19H34N2O3S. The zero-order valence-electron chi connectivity index (χ0n) is 15.7. The molecule has 0 saturated carbocycles. The summed E-state index contributed by atoms with van der Waals surface area (Å²) in [6.07, 6.45) is 5.81. The van der Waals surface area contributed by atoms with E-state index in [1.807, 2.05) is 0 Å². The second kappa shape index (κ2) is 12.3. The van der Waals surface area contributed by atoms with Crippen molar-refractivity contribution in [2.75, 3.05) is 37.8 Å². The third kappa shape index (κ3) is 9.23. The number of unbranched alkanes of at least 4 members (excludes halogenated alkanes) is 1. The van der Waals surface area contributed by atoms with E-state index in [1.165, 1.54) is 25.7 Å². The normalized spacial score (nSPS) is 13.0. The Morgan fingerprint density at radius 3 is 2.48 bits per heavy atom. The summed E-state index contributed by atoms with van der Waals surface area (Å²) in [6.45, 7) is 7.20. The summed E-state index contributed by atoms with van der Waals surface area (Å²) in [5.74, 6) is 0.755. The highest BCUT2D eigenvalue weighted by atomic mass is 32.2. The van der Waals surface area contributed by atoms with E-state index < -0.39 is 9.84 Å². The fraction of sp³-hybridized carbons (Fsp3) is 0.684. The van der Waals surface area contributed by atoms with Crippen molar-refractivity contribution in [1.29, 1.82) is 0 Å². The standard InChI is InChI=1S/C19H34N2O3S/c1-3-5-7-17(4-2)16-24-14-6-12-21-13-15-25(22,23)19-10-8-18(20)9-11-19/h8-11,17,21H,3-7,12-16,20H2,1-2H3. The third-order valence-corrected chi connectivity index (χ3v) is 6.06. The Bertz CT molecular complexity index is 559. The van der Waals surface area contributed by atoms with Gasteiger partial charge in [0.2, 0.25) is 0 Å². The third-order valence-electron chi connectivity index (χ3n) is 4.33. The number of nitrogen functional groups attached to an aromatic ring is 1. The molecule has 0 amide bonds. The van der Waals surface area contributed by atoms with E-state index in [2.05, 4.69) is 19.2 Å². The highest BCUT2D eigenvalue weighted by molar-refractivity contribution is 7.91. The second-order valence-corrected chi connectivity index (χ2v) is 8.59. The Hall–Kier alpha value is -1.11. The quantitative estimate of drug-likeness (QED) is 0.388. The van der Waals surface area contributed by atoms with E-state index in [9.17, 15) is 8.42 Å². The first kappa shape index (κ1) is 21.9. The lowest BCUT2D eigenvalue weighted by molar-refractivity contribution is 0.0922. The van der Waals surface area contributed by atoms with Crippen molar-refractivity contribution < 1.29 is 13.2 Å². The van der Waals surface area contributed by atoms with Crippen LogP contribution in [0.15, 0.2) is 29.2 Å². The van der Waals surface area contributed by atoms with Crippen LogP contribution in [0.25, 0.3) is 0 Å². The van der Waals surface area contributed by atoms with Crippen LogP contribution in [0.2, 0.25) is 0 Å². The van der Waals surface area contributed by atoms with E-state index in [0.29, 0.717) is 23.0 Å². The lowest BCUT2D eigenvalue weighted by atomic mass is 10.0. The lowest BCUT2D eigenvalue weighted by Gasteiger charge is -2.14. The Morgan fingerprint density at radius 1 is 1.12 bits per heavy atom. The number of sulfone groups is 1. The van der Waals surface area contributed by atoms with E-state index in [4.69, 9.17) is 10.5 Å². The summed E-state index contributed by atoms with van der Waals surface area (Å²) in [5, 5.41) is 3.18. The number of hydrogen-bond acceptors (Lipinski definition) is 5. The zero-order chi connectivity index (χ0) is 18.5. The number of ether oxygens (including phenoxy) is 1. The van der Waals surface area contributed by atoms with Gasteiger partial charge in [0.1, 0.15) is 0 Å². The van der Waals surface area contributed by atoms with Crippen molar-refractivity contribution in [2.45, 2.75) is 50.8 Å². The molecule has 0 aromatic heterocycles. The van der Waals surface area contributed by atoms with E-state index in [1.54, 1.807) is 24.3 Å². The predicted molar refractivity (Wildman–Crippen MR) is 105 cm³/mol. The average Bonchev–Trinajstić information content (AvgIpc) is 2.60. The maximum Gasteiger partial charge on any atom is 0.179 e. The van der Waals surface area contributed by atoms with Crippen LogP contribution in [0.4, 0.5) is 5.69 Å². The SMILES string of the molecule is CCCCC(CC)COCCCNCCS(=O)(=O)c1ccc(N)cc1. The largest absolute Gasteiger partial charge is 0.399 e. The molecule has 0 aliphatic heterocycles. The number of nitrogens with two attached hydrogens (primary N) is 1. The van der Waals surface area contributed by atoms with Gasteiger partial charge in [0, 0.05) is 25.4 Å². The maximum absolute atomic E-state index is 12.2. The van der Waals surface area contributed by atoms with Gasteiger partial charge in [-0.2, -0.15) is 0 Å².